The monoisotopic (exact) mass is 455 g/mol. The van der Waals surface area contributed by atoms with Crippen LogP contribution in [-0.2, 0) is 24.4 Å². The first-order chi connectivity index (χ1) is 15.6. The summed E-state index contributed by atoms with van der Waals surface area (Å²) in [7, 11) is 3.23. The van der Waals surface area contributed by atoms with Crippen molar-refractivity contribution in [1.29, 1.82) is 0 Å². The molecular weight excluding hydrogens is 430 g/mol. The van der Waals surface area contributed by atoms with Gasteiger partial charge in [0.1, 0.15) is 5.75 Å². The number of nitrogens with zero attached hydrogens (tertiary/aromatic N) is 3. The number of thioether (sulfide) groups is 1. The van der Waals surface area contributed by atoms with Crippen LogP contribution in [0.2, 0.25) is 0 Å². The van der Waals surface area contributed by atoms with Crippen LogP contribution < -0.4 is 14.2 Å². The molecule has 1 aliphatic heterocycles. The highest BCUT2D eigenvalue weighted by atomic mass is 32.2. The van der Waals surface area contributed by atoms with Gasteiger partial charge in [-0.05, 0) is 54.3 Å². The van der Waals surface area contributed by atoms with Gasteiger partial charge in [0.05, 0.1) is 20.0 Å². The number of rotatable bonds is 8. The van der Waals surface area contributed by atoms with Crippen LogP contribution in [0.25, 0.3) is 0 Å². The molecule has 0 spiro atoms. The zero-order valence-electron chi connectivity index (χ0n) is 18.3. The van der Waals surface area contributed by atoms with Gasteiger partial charge in [-0.1, -0.05) is 23.9 Å². The number of ether oxygens (including phenoxy) is 3. The second kappa shape index (κ2) is 9.95. The molecule has 1 amide bonds. The number of fused-ring (bicyclic) bond motifs is 1. The molecule has 0 saturated carbocycles. The van der Waals surface area contributed by atoms with Gasteiger partial charge in [0.2, 0.25) is 5.91 Å². The van der Waals surface area contributed by atoms with E-state index in [4.69, 9.17) is 18.6 Å². The van der Waals surface area contributed by atoms with Crippen LogP contribution in [0.15, 0.2) is 46.0 Å². The predicted octanol–water partition coefficient (Wildman–Crippen LogP) is 3.65. The standard InChI is InChI=1S/C23H25N3O5S/c1-15-5-4-6-18(9-15)30-13-21-24-25-23(31-21)32-14-22(27)26-8-7-16-10-19(28-2)20(29-3)11-17(16)12-26/h4-6,9-11H,7-8,12-14H2,1-3H3. The maximum absolute atomic E-state index is 12.7. The largest absolute Gasteiger partial charge is 0.493 e. The number of hydrogen-bond donors (Lipinski definition) is 0. The lowest BCUT2D eigenvalue weighted by molar-refractivity contribution is -0.129. The van der Waals surface area contributed by atoms with Crippen LogP contribution in [0.5, 0.6) is 17.2 Å². The van der Waals surface area contributed by atoms with E-state index in [1.807, 2.05) is 48.2 Å². The summed E-state index contributed by atoms with van der Waals surface area (Å²) in [5, 5.41) is 8.35. The normalized spacial score (nSPS) is 12.9. The van der Waals surface area contributed by atoms with Gasteiger partial charge in [-0.15, -0.1) is 10.2 Å². The number of hydrogen-bond acceptors (Lipinski definition) is 8. The van der Waals surface area contributed by atoms with Crippen LogP contribution >= 0.6 is 11.8 Å². The average Bonchev–Trinajstić information content (AvgIpc) is 3.27. The Morgan fingerprint density at radius 1 is 1.12 bits per heavy atom. The van der Waals surface area contributed by atoms with E-state index in [9.17, 15) is 4.79 Å². The van der Waals surface area contributed by atoms with Crippen molar-refractivity contribution in [3.63, 3.8) is 0 Å². The molecule has 2 aromatic carbocycles. The van der Waals surface area contributed by atoms with Crippen LogP contribution in [0.1, 0.15) is 22.6 Å². The van der Waals surface area contributed by atoms with E-state index in [0.717, 1.165) is 23.3 Å². The third kappa shape index (κ3) is 5.16. The molecule has 8 nitrogen and oxygen atoms in total. The second-order valence-corrected chi connectivity index (χ2v) is 8.32. The van der Waals surface area contributed by atoms with Crippen LogP contribution in [0.4, 0.5) is 0 Å². The first-order valence-electron chi connectivity index (χ1n) is 10.2. The van der Waals surface area contributed by atoms with Crippen LogP contribution in [0.3, 0.4) is 0 Å². The molecule has 0 aliphatic carbocycles. The Labute approximate surface area is 190 Å². The maximum atomic E-state index is 12.7. The van der Waals surface area contributed by atoms with Gasteiger partial charge >= 0.3 is 0 Å². The van der Waals surface area contributed by atoms with Crippen molar-refractivity contribution < 1.29 is 23.4 Å². The summed E-state index contributed by atoms with van der Waals surface area (Å²) in [5.41, 5.74) is 3.36. The van der Waals surface area contributed by atoms with Gasteiger partial charge in [0.25, 0.3) is 11.1 Å². The summed E-state index contributed by atoms with van der Waals surface area (Å²) < 4.78 is 22.0. The van der Waals surface area contributed by atoms with Gasteiger partial charge in [-0.25, -0.2) is 0 Å². The molecule has 0 unspecified atom stereocenters. The van der Waals surface area contributed by atoms with Crippen molar-refractivity contribution in [2.75, 3.05) is 26.5 Å². The molecule has 4 rings (SSSR count). The molecule has 0 fully saturated rings. The van der Waals surface area contributed by atoms with E-state index < -0.39 is 0 Å². The minimum absolute atomic E-state index is 0.0196. The fraction of sp³-hybridized carbons (Fsp3) is 0.348. The zero-order valence-corrected chi connectivity index (χ0v) is 19.1. The molecule has 0 N–H and O–H groups in total. The maximum Gasteiger partial charge on any atom is 0.277 e. The molecular formula is C23H25N3O5S. The van der Waals surface area contributed by atoms with E-state index in [-0.39, 0.29) is 18.3 Å². The van der Waals surface area contributed by atoms with Crippen molar-refractivity contribution in [3.05, 3.63) is 59.0 Å². The Bertz CT molecular complexity index is 1100. The SMILES string of the molecule is COc1cc2c(cc1OC)CN(C(=O)CSc1nnc(COc3cccc(C)c3)o1)CC2. The number of aryl methyl sites for hydroxylation is 1. The molecule has 1 aliphatic rings. The van der Waals surface area contributed by atoms with Gasteiger partial charge in [-0.2, -0.15) is 0 Å². The van der Waals surface area contributed by atoms with Gasteiger partial charge < -0.3 is 23.5 Å². The zero-order chi connectivity index (χ0) is 22.5. The highest BCUT2D eigenvalue weighted by Gasteiger charge is 2.23. The highest BCUT2D eigenvalue weighted by Crippen LogP contribution is 2.33. The highest BCUT2D eigenvalue weighted by molar-refractivity contribution is 7.99. The average molecular weight is 456 g/mol. The van der Waals surface area contributed by atoms with E-state index in [0.29, 0.717) is 35.7 Å². The summed E-state index contributed by atoms with van der Waals surface area (Å²) in [4.78, 5) is 14.6. The quantitative estimate of drug-likeness (QED) is 0.476. The Kier molecular flexibility index (Phi) is 6.84. The number of methoxy groups -OCH3 is 2. The summed E-state index contributed by atoms with van der Waals surface area (Å²) in [6, 6.07) is 11.7. The van der Waals surface area contributed by atoms with Crippen molar-refractivity contribution >= 4 is 17.7 Å². The molecule has 32 heavy (non-hydrogen) atoms. The minimum Gasteiger partial charge on any atom is -0.493 e. The third-order valence-corrected chi connectivity index (χ3v) is 5.99. The van der Waals surface area contributed by atoms with Crippen molar-refractivity contribution in [1.82, 2.24) is 15.1 Å². The van der Waals surface area contributed by atoms with E-state index >= 15 is 0 Å². The smallest absolute Gasteiger partial charge is 0.277 e. The predicted molar refractivity (Wildman–Crippen MR) is 119 cm³/mol. The first-order valence-corrected chi connectivity index (χ1v) is 11.2. The lowest BCUT2D eigenvalue weighted by Gasteiger charge is -2.29. The number of amides is 1. The number of benzene rings is 2. The lowest BCUT2D eigenvalue weighted by atomic mass is 9.99. The van der Waals surface area contributed by atoms with Gasteiger partial charge in [0.15, 0.2) is 18.1 Å². The Morgan fingerprint density at radius 2 is 1.91 bits per heavy atom. The molecule has 168 valence electrons. The summed E-state index contributed by atoms with van der Waals surface area (Å²) in [6.07, 6.45) is 0.771. The molecule has 0 atom stereocenters. The molecule has 0 bridgehead atoms. The molecule has 0 radical (unpaired) electrons. The fourth-order valence-electron chi connectivity index (χ4n) is 3.52. The Morgan fingerprint density at radius 3 is 2.66 bits per heavy atom. The van der Waals surface area contributed by atoms with Gasteiger partial charge in [-0.3, -0.25) is 4.79 Å². The minimum atomic E-state index is 0.0196. The van der Waals surface area contributed by atoms with E-state index in [1.165, 1.54) is 17.3 Å². The van der Waals surface area contributed by atoms with Crippen molar-refractivity contribution in [3.8, 4) is 17.2 Å². The van der Waals surface area contributed by atoms with E-state index in [2.05, 4.69) is 10.2 Å². The van der Waals surface area contributed by atoms with Crippen LogP contribution in [-0.4, -0.2) is 47.5 Å². The van der Waals surface area contributed by atoms with Crippen molar-refractivity contribution in [2.45, 2.75) is 31.7 Å². The van der Waals surface area contributed by atoms with Crippen LogP contribution in [0, 0.1) is 6.92 Å². The molecule has 3 aromatic rings. The first kappa shape index (κ1) is 22.0. The van der Waals surface area contributed by atoms with E-state index in [1.54, 1.807) is 14.2 Å². The molecule has 1 aromatic heterocycles. The second-order valence-electron chi connectivity index (χ2n) is 7.40. The van der Waals surface area contributed by atoms with Gasteiger partial charge in [0, 0.05) is 13.1 Å². The van der Waals surface area contributed by atoms with Crippen molar-refractivity contribution in [2.24, 2.45) is 0 Å². The number of carbonyl (C=O) groups is 1. The topological polar surface area (TPSA) is 86.9 Å². The third-order valence-electron chi connectivity index (χ3n) is 5.19. The fourth-order valence-corrected chi connectivity index (χ4v) is 4.20. The molecule has 9 heteroatoms. The molecule has 2 heterocycles. The number of carbonyl (C=O) groups excluding carboxylic acids is 1. The Balaban J connectivity index is 1.30. The molecule has 0 saturated heterocycles. The number of aromatic nitrogens is 2. The summed E-state index contributed by atoms with van der Waals surface area (Å²) >= 11 is 1.23. The summed E-state index contributed by atoms with van der Waals surface area (Å²) in [6.45, 7) is 3.37. The Hall–Kier alpha value is -3.20. The summed E-state index contributed by atoms with van der Waals surface area (Å²) in [5.74, 6) is 2.73. The lowest BCUT2D eigenvalue weighted by Crippen LogP contribution is -2.37.